The van der Waals surface area contributed by atoms with Crippen LogP contribution in [-0.4, -0.2) is 92.0 Å². The molecule has 0 spiro atoms. The number of hydrogen-bond donors (Lipinski definition) is 0. The van der Waals surface area contributed by atoms with Crippen LogP contribution in [-0.2, 0) is 43.0 Å². The molecule has 1 aromatic heterocycles. The number of unbranched alkanes of at least 4 members (excludes halogenated alkanes) is 6. The summed E-state index contributed by atoms with van der Waals surface area (Å²) in [6, 6.07) is 33.6. The maximum atomic E-state index is 13.8. The van der Waals surface area contributed by atoms with Crippen molar-refractivity contribution in [1.82, 2.24) is 9.97 Å². The Morgan fingerprint density at radius 3 is 1.17 bits per heavy atom. The summed E-state index contributed by atoms with van der Waals surface area (Å²) in [5, 5.41) is 0. The lowest BCUT2D eigenvalue weighted by molar-refractivity contribution is -0.145. The van der Waals surface area contributed by atoms with Crippen molar-refractivity contribution < 1.29 is 76.1 Å². The van der Waals surface area contributed by atoms with Crippen LogP contribution in [0.3, 0.4) is 0 Å². The number of benzene rings is 5. The topological polar surface area (TPSA) is 220 Å². The number of esters is 6. The van der Waals surface area contributed by atoms with E-state index in [1.165, 1.54) is 0 Å². The van der Waals surface area contributed by atoms with E-state index in [0.29, 0.717) is 171 Å². The van der Waals surface area contributed by atoms with Gasteiger partial charge in [0.15, 0.2) is 0 Å². The predicted molar refractivity (Wildman–Crippen MR) is 329 cm³/mol. The second-order valence-electron chi connectivity index (χ2n) is 21.7. The van der Waals surface area contributed by atoms with Gasteiger partial charge in [0.2, 0.25) is 0 Å². The zero-order chi connectivity index (χ0) is 61.9. The molecular formula is C70H78N2O16. The zero-order valence-corrected chi connectivity index (χ0v) is 50.0. The van der Waals surface area contributed by atoms with Gasteiger partial charge in [-0.2, -0.15) is 0 Å². The molecule has 0 N–H and O–H groups in total. The first-order valence-electron chi connectivity index (χ1n) is 30.6. The van der Waals surface area contributed by atoms with Gasteiger partial charge in [0.25, 0.3) is 0 Å². The second kappa shape index (κ2) is 34.4. The molecule has 0 unspecified atom stereocenters. The first-order valence-corrected chi connectivity index (χ1v) is 30.6. The van der Waals surface area contributed by atoms with Crippen LogP contribution in [0.4, 0.5) is 0 Å². The molecule has 5 aromatic carbocycles. The molecule has 0 radical (unpaired) electrons. The number of ether oxygens (including phenoxy) is 10. The molecule has 1 heterocycles. The summed E-state index contributed by atoms with van der Waals surface area (Å²) in [6.07, 6.45) is 12.9. The number of rotatable bonds is 33. The highest BCUT2D eigenvalue weighted by atomic mass is 16.6. The predicted octanol–water partition coefficient (Wildman–Crippen LogP) is 13.4. The highest BCUT2D eigenvalue weighted by Crippen LogP contribution is 2.38. The van der Waals surface area contributed by atoms with Gasteiger partial charge < -0.3 is 47.4 Å². The lowest BCUT2D eigenvalue weighted by Crippen LogP contribution is -2.30. The van der Waals surface area contributed by atoms with Gasteiger partial charge in [-0.3, -0.25) is 19.2 Å². The van der Waals surface area contributed by atoms with Crippen LogP contribution in [0.25, 0.3) is 33.5 Å². The Balaban J connectivity index is 0.834. The van der Waals surface area contributed by atoms with Gasteiger partial charge in [-0.25, -0.2) is 19.6 Å². The van der Waals surface area contributed by atoms with E-state index in [9.17, 15) is 28.8 Å². The Morgan fingerprint density at radius 1 is 0.398 bits per heavy atom. The molecule has 88 heavy (non-hydrogen) atoms. The van der Waals surface area contributed by atoms with Crippen molar-refractivity contribution in [1.29, 1.82) is 0 Å². The summed E-state index contributed by atoms with van der Waals surface area (Å²) in [6.45, 7) is 11.9. The lowest BCUT2D eigenvalue weighted by Gasteiger charge is -2.26. The monoisotopic (exact) mass is 1200 g/mol. The molecule has 2 aliphatic rings. The molecule has 464 valence electrons. The fourth-order valence-electron chi connectivity index (χ4n) is 10.4. The van der Waals surface area contributed by atoms with Crippen LogP contribution in [0.5, 0.6) is 40.2 Å². The molecule has 0 aliphatic heterocycles. The van der Waals surface area contributed by atoms with Gasteiger partial charge in [-0.1, -0.05) is 37.4 Å². The van der Waals surface area contributed by atoms with Gasteiger partial charge in [0.05, 0.1) is 79.1 Å². The van der Waals surface area contributed by atoms with Crippen LogP contribution in [0, 0.1) is 23.7 Å². The first-order chi connectivity index (χ1) is 42.9. The maximum absolute atomic E-state index is 13.8. The van der Waals surface area contributed by atoms with E-state index in [0.717, 1.165) is 63.5 Å². The van der Waals surface area contributed by atoms with Crippen molar-refractivity contribution in [2.45, 2.75) is 110 Å². The zero-order valence-electron chi connectivity index (χ0n) is 50.0. The third-order valence-corrected chi connectivity index (χ3v) is 15.3. The van der Waals surface area contributed by atoms with Crippen LogP contribution in [0.2, 0.25) is 0 Å². The van der Waals surface area contributed by atoms with E-state index in [4.69, 9.17) is 57.3 Å². The fraction of sp³-hybridized carbons (Fsp3) is 0.400. The Bertz CT molecular complexity index is 3290. The largest absolute Gasteiger partial charge is 0.494 e. The second-order valence-corrected chi connectivity index (χ2v) is 21.7. The molecule has 0 saturated heterocycles. The minimum Gasteiger partial charge on any atom is -0.494 e. The van der Waals surface area contributed by atoms with Crippen LogP contribution in [0.1, 0.15) is 110 Å². The summed E-state index contributed by atoms with van der Waals surface area (Å²) in [4.78, 5) is 86.6. The highest BCUT2D eigenvalue weighted by molar-refractivity contribution is 5.88. The molecule has 2 saturated carbocycles. The quantitative estimate of drug-likeness (QED) is 0.0162. The Kier molecular flexibility index (Phi) is 25.5. The van der Waals surface area contributed by atoms with E-state index in [1.807, 2.05) is 37.3 Å². The van der Waals surface area contributed by atoms with E-state index in [1.54, 1.807) is 84.9 Å². The first kappa shape index (κ1) is 65.1. The van der Waals surface area contributed by atoms with Crippen molar-refractivity contribution in [2.24, 2.45) is 23.7 Å². The SMILES string of the molecule is C=CC(=O)OCCCCCCOc1ccc(OC(=O)C2CCC(C(=O)Oc3cccc(-c4nc5ccc(OCCOCC)cc5nc4-c4cccc(OC(=O)C5CCC(C(=O)Oc6ccc(OCCCCCCOC(=O)C=C)cc6)CC5)c4)c3)CC2)cc1. The summed E-state index contributed by atoms with van der Waals surface area (Å²) < 4.78 is 56.7. The minimum absolute atomic E-state index is 0.314. The average molecular weight is 1200 g/mol. The molecule has 0 atom stereocenters. The summed E-state index contributed by atoms with van der Waals surface area (Å²) in [5.74, 6) is -0.503. The van der Waals surface area contributed by atoms with Gasteiger partial charge >= 0.3 is 35.8 Å². The van der Waals surface area contributed by atoms with E-state index < -0.39 is 35.7 Å². The number of hydrogen-bond acceptors (Lipinski definition) is 18. The summed E-state index contributed by atoms with van der Waals surface area (Å²) in [5.41, 5.74) is 3.37. The number of carbonyl (C=O) groups excluding carboxylic acids is 6. The van der Waals surface area contributed by atoms with Crippen molar-refractivity contribution in [3.63, 3.8) is 0 Å². The van der Waals surface area contributed by atoms with Crippen molar-refractivity contribution >= 4 is 46.8 Å². The average Bonchev–Trinajstić information content (AvgIpc) is 1.27. The number of carbonyl (C=O) groups is 6. The lowest BCUT2D eigenvalue weighted by atomic mass is 9.82. The van der Waals surface area contributed by atoms with E-state index in [-0.39, 0.29) is 23.8 Å². The van der Waals surface area contributed by atoms with E-state index in [2.05, 4.69) is 13.2 Å². The van der Waals surface area contributed by atoms with Crippen LogP contribution < -0.4 is 33.2 Å². The Hall–Kier alpha value is -8.90. The third kappa shape index (κ3) is 20.4. The van der Waals surface area contributed by atoms with Crippen molar-refractivity contribution in [3.05, 3.63) is 141 Å². The minimum atomic E-state index is -0.424. The van der Waals surface area contributed by atoms with Crippen molar-refractivity contribution in [2.75, 3.05) is 46.2 Å². The van der Waals surface area contributed by atoms with Gasteiger partial charge in [-0.05, 0) is 195 Å². The summed E-state index contributed by atoms with van der Waals surface area (Å²) in [7, 11) is 0. The molecular weight excluding hydrogens is 1120 g/mol. The summed E-state index contributed by atoms with van der Waals surface area (Å²) >= 11 is 0. The number of aromatic nitrogens is 2. The molecule has 8 rings (SSSR count). The molecule has 0 bridgehead atoms. The van der Waals surface area contributed by atoms with Crippen LogP contribution >= 0.6 is 0 Å². The maximum Gasteiger partial charge on any atom is 0.330 e. The molecule has 0 amide bonds. The van der Waals surface area contributed by atoms with Gasteiger partial charge in [0, 0.05) is 36.0 Å². The van der Waals surface area contributed by atoms with Gasteiger partial charge in [0.1, 0.15) is 46.9 Å². The highest BCUT2D eigenvalue weighted by Gasteiger charge is 2.34. The standard InChI is InChI=1S/C70H78N2O16/c1-4-63(73)83-41-13-9-7-11-39-80-54-29-33-56(34-30-54)85-67(75)48-21-25-50(26-22-48)69(77)87-59-19-15-17-52(45-59)65-66(72-62-47-58(37-38-61(62)71-65)82-44-43-79-6-3)53-18-16-20-60(46-53)88-70(78)51-27-23-49(24-28-51)68(76)86-57-35-31-55(32-36-57)81-40-12-8-10-14-42-84-64(74)5-2/h4-5,15-20,29-38,45-51H,1-2,6-14,21-28,39-44H2,3H3. The fourth-order valence-corrected chi connectivity index (χ4v) is 10.4. The normalized spacial score (nSPS) is 16.3. The third-order valence-electron chi connectivity index (χ3n) is 15.3. The molecule has 18 heteroatoms. The molecule has 2 aliphatic carbocycles. The Labute approximate surface area is 513 Å². The Morgan fingerprint density at radius 2 is 0.761 bits per heavy atom. The van der Waals surface area contributed by atoms with Crippen LogP contribution in [0.15, 0.2) is 141 Å². The van der Waals surface area contributed by atoms with Gasteiger partial charge in [-0.15, -0.1) is 0 Å². The smallest absolute Gasteiger partial charge is 0.330 e. The van der Waals surface area contributed by atoms with E-state index >= 15 is 0 Å². The number of fused-ring (bicyclic) bond motifs is 1. The molecule has 2 fully saturated rings. The number of nitrogens with zero attached hydrogens (tertiary/aromatic N) is 2. The molecule has 18 nitrogen and oxygen atoms in total. The molecule has 6 aromatic rings. The van der Waals surface area contributed by atoms with Crippen molar-refractivity contribution in [3.8, 4) is 62.8 Å².